The van der Waals surface area contributed by atoms with Gasteiger partial charge in [0.05, 0.1) is 26.4 Å². The van der Waals surface area contributed by atoms with Crippen molar-refractivity contribution >= 4 is 92.8 Å². The van der Waals surface area contributed by atoms with Crippen LogP contribution < -0.4 is 28.7 Å². The number of esters is 2. The number of nitriles is 2. The predicted octanol–water partition coefficient (Wildman–Crippen LogP) is 27.3. The number of ether oxygens (including phenoxy) is 6. The third-order valence-corrected chi connectivity index (χ3v) is 25.5. The van der Waals surface area contributed by atoms with Crippen molar-refractivity contribution in [3.63, 3.8) is 0 Å². The summed E-state index contributed by atoms with van der Waals surface area (Å²) in [7, 11) is 0. The Bertz CT molecular complexity index is 5640. The monoisotopic (exact) mass is 1770 g/mol. The van der Waals surface area contributed by atoms with E-state index in [4.69, 9.17) is 28.4 Å². The van der Waals surface area contributed by atoms with Crippen LogP contribution in [0.3, 0.4) is 0 Å². The highest BCUT2D eigenvalue weighted by atomic mass is 32.1. The molecule has 10 aromatic carbocycles. The van der Waals surface area contributed by atoms with Crippen LogP contribution in [0.5, 0.6) is 23.0 Å². The second kappa shape index (κ2) is 41.9. The molecule has 8 bridgehead atoms. The van der Waals surface area contributed by atoms with Crippen LogP contribution >= 0.6 is 22.7 Å². The zero-order valence-corrected chi connectivity index (χ0v) is 78.6. The van der Waals surface area contributed by atoms with Gasteiger partial charge in [-0.1, -0.05) is 229 Å². The minimum absolute atomic E-state index is 0.0793. The lowest BCUT2D eigenvalue weighted by Gasteiger charge is -2.29. The zero-order chi connectivity index (χ0) is 92.6. The lowest BCUT2D eigenvalue weighted by Crippen LogP contribution is -2.18. The maximum absolute atomic E-state index is 14.1. The van der Waals surface area contributed by atoms with Gasteiger partial charge in [-0.15, -0.1) is 22.7 Å². The Hall–Kier alpha value is -13.3. The summed E-state index contributed by atoms with van der Waals surface area (Å²) >= 11 is 2.65. The summed E-state index contributed by atoms with van der Waals surface area (Å²) in [5.41, 5.74) is 19.4. The molecule has 18 heteroatoms. The van der Waals surface area contributed by atoms with Crippen molar-refractivity contribution in [3.8, 4) is 56.0 Å². The molecule has 0 saturated carbocycles. The van der Waals surface area contributed by atoms with E-state index >= 15 is 0 Å². The van der Waals surface area contributed by atoms with Crippen molar-refractivity contribution in [2.45, 2.75) is 196 Å². The number of aliphatic carboxylic acids is 2. The molecule has 12 aromatic rings. The highest BCUT2D eigenvalue weighted by molar-refractivity contribution is 7.17. The molecule has 0 spiro atoms. The van der Waals surface area contributed by atoms with Crippen LogP contribution in [0, 0.1) is 22.7 Å². The van der Waals surface area contributed by atoms with Crippen LogP contribution in [-0.2, 0) is 89.2 Å². The Morgan fingerprint density at radius 1 is 0.362 bits per heavy atom. The summed E-state index contributed by atoms with van der Waals surface area (Å²) in [5, 5.41) is 39.4. The predicted molar refractivity (Wildman–Crippen MR) is 524 cm³/mol. The Balaban J connectivity index is 0.783. The summed E-state index contributed by atoms with van der Waals surface area (Å²) in [6.07, 6.45) is 6.71. The average Bonchev–Trinajstić information content (AvgIpc) is 1.04. The second-order valence-electron chi connectivity index (χ2n) is 37.1. The molecule has 668 valence electrons. The number of carbonyl (C=O) groups is 4. The number of para-hydroxylation sites is 4. The number of anilines is 6. The van der Waals surface area contributed by atoms with Crippen molar-refractivity contribution in [3.05, 3.63) is 329 Å². The van der Waals surface area contributed by atoms with Crippen LogP contribution in [0.25, 0.3) is 33.0 Å². The zero-order valence-electron chi connectivity index (χ0n) is 77.0. The van der Waals surface area contributed by atoms with Gasteiger partial charge in [-0.3, -0.25) is 9.59 Å². The summed E-state index contributed by atoms with van der Waals surface area (Å²) in [4.78, 5) is 59.4. The molecule has 0 atom stereocenters. The standard InChI is InChI=1S/C112H116N4O12S2/c1-15-123-101-75-53-79-61-89(111(9,10)11)63-81(103(79)125-51-31-29-41-99(117)127-71-85-67-97(65-83(69-113)107(119)120)129-105(85)73-43-47-95(48-44-73)115(91-33-21-17-22-34-91)92-35-23-18-24-36-92)55-77-59-88(110(6,7)8)60-78(102(77)124-16-2)56-82-64-90(112(12,13)14)62-80(54-76(101)58-87(57-75)109(3,4)5)104(82)126-52-32-30-42-100(118)128-72-86-68-98(66-84(70-114)108(121)122)130-106(86)74-45-49-96(50-46-74)116(93-37-25-19-26-38-93)94-39-27-20-28-40-94/h17-28,33-40,43-50,57-68H,15-16,29-32,41-42,51-56,71-72H2,1-14H3,(H,119,120)(H,121,122)/b83-65-,84-66-. The van der Waals surface area contributed by atoms with Gasteiger partial charge in [0.2, 0.25) is 0 Å². The second-order valence-corrected chi connectivity index (χ2v) is 39.2. The first-order chi connectivity index (χ1) is 62.2. The van der Waals surface area contributed by atoms with Crippen molar-refractivity contribution in [1.82, 2.24) is 0 Å². The molecule has 0 radical (unpaired) electrons. The fourth-order valence-corrected chi connectivity index (χ4v) is 18.5. The molecule has 130 heavy (non-hydrogen) atoms. The molecular weight excluding hydrogens is 1660 g/mol. The number of rotatable bonds is 32. The molecule has 0 fully saturated rings. The number of benzene rings is 10. The first-order valence-electron chi connectivity index (χ1n) is 44.7. The summed E-state index contributed by atoms with van der Waals surface area (Å²) in [5.74, 6) is -0.346. The third-order valence-electron chi connectivity index (χ3n) is 23.1. The fourth-order valence-electron chi connectivity index (χ4n) is 16.2. The maximum Gasteiger partial charge on any atom is 0.346 e. The molecular formula is C112H116N4O12S2. The summed E-state index contributed by atoms with van der Waals surface area (Å²) in [6.45, 7) is 32.3. The first kappa shape index (κ1) is 94.4. The molecule has 0 saturated heterocycles. The number of hydrogen-bond acceptors (Lipinski definition) is 16. The van der Waals surface area contributed by atoms with Gasteiger partial charge in [-0.25, -0.2) is 9.59 Å². The Morgan fingerprint density at radius 2 is 0.615 bits per heavy atom. The molecule has 1 aliphatic carbocycles. The van der Waals surface area contributed by atoms with Gasteiger partial charge < -0.3 is 48.4 Å². The van der Waals surface area contributed by atoms with Crippen LogP contribution in [-0.4, -0.2) is 60.5 Å². The van der Waals surface area contributed by atoms with Gasteiger partial charge in [-0.05, 0) is 236 Å². The first-order valence-corrected chi connectivity index (χ1v) is 46.3. The van der Waals surface area contributed by atoms with Crippen molar-refractivity contribution in [2.24, 2.45) is 0 Å². The number of carbonyl (C=O) groups excluding carboxylic acids is 2. The van der Waals surface area contributed by atoms with Crippen LogP contribution in [0.2, 0.25) is 0 Å². The number of carboxylic acids is 2. The minimum atomic E-state index is -1.34. The third kappa shape index (κ3) is 23.6. The molecule has 0 unspecified atom stereocenters. The molecule has 1 aliphatic rings. The number of unbranched alkanes of at least 4 members (excludes halogenated alkanes) is 2. The van der Waals surface area contributed by atoms with E-state index in [1.54, 1.807) is 24.3 Å². The Morgan fingerprint density at radius 3 is 0.854 bits per heavy atom. The molecule has 2 N–H and O–H groups in total. The minimum Gasteiger partial charge on any atom is -0.493 e. The van der Waals surface area contributed by atoms with Crippen molar-refractivity contribution in [2.75, 3.05) is 36.2 Å². The van der Waals surface area contributed by atoms with E-state index in [9.17, 15) is 39.9 Å². The van der Waals surface area contributed by atoms with E-state index in [1.807, 2.05) is 135 Å². The van der Waals surface area contributed by atoms with Crippen LogP contribution in [0.1, 0.15) is 223 Å². The van der Waals surface area contributed by atoms with E-state index in [0.717, 1.165) is 145 Å². The molecule has 16 nitrogen and oxygen atoms in total. The normalized spacial score (nSPS) is 12.4. The Kier molecular flexibility index (Phi) is 30.4. The van der Waals surface area contributed by atoms with E-state index in [2.05, 4.69) is 190 Å². The maximum atomic E-state index is 14.1. The number of fused-ring (bicyclic) bond motifs is 8. The number of nitrogens with zero attached hydrogens (tertiary/aromatic N) is 4. The van der Waals surface area contributed by atoms with E-state index < -0.39 is 35.0 Å². The van der Waals surface area contributed by atoms with Gasteiger partial charge in [-0.2, -0.15) is 10.5 Å². The fraction of sp³-hybridized carbons (Fsp3) is 0.304. The van der Waals surface area contributed by atoms with Gasteiger partial charge in [0.15, 0.2) is 0 Å². The molecule has 13 rings (SSSR count). The number of hydrogen-bond donors (Lipinski definition) is 2. The highest BCUT2D eigenvalue weighted by Gasteiger charge is 2.32. The molecule has 0 aliphatic heterocycles. The van der Waals surface area contributed by atoms with E-state index in [1.165, 1.54) is 34.8 Å². The number of thiophene rings is 2. The summed E-state index contributed by atoms with van der Waals surface area (Å²) < 4.78 is 40.9. The van der Waals surface area contributed by atoms with E-state index in [0.29, 0.717) is 85.5 Å². The average molecular weight is 1770 g/mol. The van der Waals surface area contributed by atoms with Crippen molar-refractivity contribution < 1.29 is 57.8 Å². The van der Waals surface area contributed by atoms with E-state index in [-0.39, 0.29) is 60.9 Å². The largest absolute Gasteiger partial charge is 0.493 e. The SMILES string of the molecule is CCOc1c2cc(C(C)(C)C)cc1Cc1cc(C(C)(C)C)cc(c1OCCCCC(=O)OCc1cc(/C=C(/C#N)C(=O)O)sc1-c1ccc(N(c3ccccc3)c3ccccc3)cc1)Cc1cc(C(C)(C)C)cc(c1OCC)Cc1cc(C(C)(C)C)cc(c1OCCCCC(=O)OCc1cc(/C=C(/C#N)C(=O)O)sc1-c1ccc(N(c3ccccc3)c3ccccc3)cc1)C2. The van der Waals surface area contributed by atoms with Gasteiger partial charge in [0.25, 0.3) is 0 Å². The summed E-state index contributed by atoms with van der Waals surface area (Å²) in [6, 6.07) is 82.3. The van der Waals surface area contributed by atoms with Crippen molar-refractivity contribution in [1.29, 1.82) is 10.5 Å². The van der Waals surface area contributed by atoms with Crippen LogP contribution in [0.4, 0.5) is 34.1 Å². The van der Waals surface area contributed by atoms with Gasteiger partial charge >= 0.3 is 23.9 Å². The lowest BCUT2D eigenvalue weighted by atomic mass is 9.79. The Labute approximate surface area is 773 Å². The smallest absolute Gasteiger partial charge is 0.346 e. The molecule has 0 amide bonds. The molecule has 2 aromatic heterocycles. The molecule has 2 heterocycles. The highest BCUT2D eigenvalue weighted by Crippen LogP contribution is 2.48. The lowest BCUT2D eigenvalue weighted by molar-refractivity contribution is -0.146. The topological polar surface area (TPSA) is 218 Å². The van der Waals surface area contributed by atoms with Gasteiger partial charge in [0, 0.05) is 103 Å². The number of carboxylic acid groups (broad SMARTS) is 2. The van der Waals surface area contributed by atoms with Gasteiger partial charge in [0.1, 0.15) is 59.5 Å². The van der Waals surface area contributed by atoms with Crippen LogP contribution in [0.15, 0.2) is 242 Å². The quantitative estimate of drug-likeness (QED) is 0.0173.